The van der Waals surface area contributed by atoms with Crippen molar-refractivity contribution in [2.24, 2.45) is 0 Å². The summed E-state index contributed by atoms with van der Waals surface area (Å²) in [4.78, 5) is 1.22. The highest BCUT2D eigenvalue weighted by molar-refractivity contribution is 9.10. The molecule has 0 saturated carbocycles. The Morgan fingerprint density at radius 2 is 0.823 bits per heavy atom. The van der Waals surface area contributed by atoms with Crippen LogP contribution in [0.3, 0.4) is 0 Å². The highest BCUT2D eigenvalue weighted by atomic mass is 79.9. The molecule has 0 aliphatic carbocycles. The van der Waals surface area contributed by atoms with Crippen LogP contribution in [0.4, 0.5) is 0 Å². The molecule has 0 spiro atoms. The van der Waals surface area contributed by atoms with Gasteiger partial charge in [-0.15, -0.1) is 22.7 Å². The Morgan fingerprint density at radius 1 is 0.435 bits per heavy atom. The van der Waals surface area contributed by atoms with Gasteiger partial charge in [-0.25, -0.2) is 16.8 Å². The molecule has 0 unspecified atom stereocenters. The van der Waals surface area contributed by atoms with Crippen molar-refractivity contribution >= 4 is 127 Å². The van der Waals surface area contributed by atoms with Crippen LogP contribution in [0.5, 0.6) is 0 Å². The minimum atomic E-state index is -3.52. The van der Waals surface area contributed by atoms with Crippen LogP contribution in [0.15, 0.2) is 211 Å². The predicted molar refractivity (Wildman–Crippen MR) is 264 cm³/mol. The number of halogens is 2. The summed E-state index contributed by atoms with van der Waals surface area (Å²) in [6, 6.07) is 55.8. The Morgan fingerprint density at radius 3 is 1.31 bits per heavy atom. The quantitative estimate of drug-likeness (QED) is 0.161. The van der Waals surface area contributed by atoms with E-state index >= 15 is 0 Å². The minimum Gasteiger partial charge on any atom is -0.423 e. The molecule has 10 rings (SSSR count). The predicted octanol–water partition coefficient (Wildman–Crippen LogP) is 12.6. The van der Waals surface area contributed by atoms with Crippen LogP contribution in [0.2, 0.25) is 0 Å². The third kappa shape index (κ3) is 9.08. The van der Waals surface area contributed by atoms with E-state index in [9.17, 15) is 26.9 Å². The van der Waals surface area contributed by atoms with Crippen LogP contribution in [0.1, 0.15) is 5.56 Å². The summed E-state index contributed by atoms with van der Waals surface area (Å²) in [5, 5.41) is 23.4. The van der Waals surface area contributed by atoms with Crippen molar-refractivity contribution in [2.75, 3.05) is 0 Å². The molecule has 2 N–H and O–H groups in total. The van der Waals surface area contributed by atoms with Gasteiger partial charge in [-0.3, -0.25) is 0 Å². The lowest BCUT2D eigenvalue weighted by Gasteiger charge is -2.08. The summed E-state index contributed by atoms with van der Waals surface area (Å²) >= 11 is 9.92. The maximum absolute atomic E-state index is 12.9. The summed E-state index contributed by atoms with van der Waals surface area (Å²) in [6.07, 6.45) is 0. The fourth-order valence-electron chi connectivity index (χ4n) is 6.98. The molecule has 308 valence electrons. The van der Waals surface area contributed by atoms with Gasteiger partial charge in [0.25, 0.3) is 0 Å². The molecule has 2 heterocycles. The van der Waals surface area contributed by atoms with Crippen LogP contribution in [-0.2, 0) is 19.7 Å². The van der Waals surface area contributed by atoms with E-state index in [0.717, 1.165) is 35.7 Å². The molecule has 2 aromatic heterocycles. The molecule has 10 aromatic rings. The molecule has 0 amide bonds. The van der Waals surface area contributed by atoms with Gasteiger partial charge in [-0.2, -0.15) is 0 Å². The average Bonchev–Trinajstić information content (AvgIpc) is 3.86. The van der Waals surface area contributed by atoms with Crippen LogP contribution in [0, 0.1) is 6.92 Å². The van der Waals surface area contributed by atoms with E-state index in [1.165, 1.54) is 30.3 Å². The number of sulfone groups is 2. The zero-order valence-corrected chi connectivity index (χ0v) is 39.3. The maximum atomic E-state index is 12.9. The van der Waals surface area contributed by atoms with E-state index < -0.39 is 26.8 Å². The van der Waals surface area contributed by atoms with Gasteiger partial charge in [0, 0.05) is 43.9 Å². The second-order valence-corrected chi connectivity index (χ2v) is 22.1. The van der Waals surface area contributed by atoms with Gasteiger partial charge in [-0.1, -0.05) is 134 Å². The number of benzene rings is 8. The molecular formula is C49H35BBr2O6S4. The van der Waals surface area contributed by atoms with Crippen LogP contribution >= 0.6 is 54.5 Å². The first-order valence-electron chi connectivity index (χ1n) is 19.2. The van der Waals surface area contributed by atoms with Crippen molar-refractivity contribution in [3.8, 4) is 11.1 Å². The van der Waals surface area contributed by atoms with Crippen LogP contribution < -0.4 is 5.46 Å². The van der Waals surface area contributed by atoms with E-state index in [1.54, 1.807) is 102 Å². The summed E-state index contributed by atoms with van der Waals surface area (Å²) in [6.45, 7) is 1.94. The molecule has 0 aliphatic heterocycles. The summed E-state index contributed by atoms with van der Waals surface area (Å²) in [5.41, 5.74) is 3.77. The van der Waals surface area contributed by atoms with Gasteiger partial charge < -0.3 is 10.0 Å². The molecule has 0 fully saturated rings. The number of fused-ring (bicyclic) bond motifs is 6. The Kier molecular flexibility index (Phi) is 13.0. The van der Waals surface area contributed by atoms with Gasteiger partial charge in [0.05, 0.1) is 19.6 Å². The molecule has 8 aromatic carbocycles. The van der Waals surface area contributed by atoms with Crippen LogP contribution in [0.25, 0.3) is 51.5 Å². The second-order valence-electron chi connectivity index (χ2n) is 14.2. The van der Waals surface area contributed by atoms with E-state index in [4.69, 9.17) is 0 Å². The van der Waals surface area contributed by atoms with Crippen molar-refractivity contribution in [3.05, 3.63) is 196 Å². The van der Waals surface area contributed by atoms with E-state index in [1.807, 2.05) is 61.5 Å². The van der Waals surface area contributed by atoms with Crippen LogP contribution in [-0.4, -0.2) is 34.0 Å². The zero-order valence-electron chi connectivity index (χ0n) is 32.8. The molecule has 0 bridgehead atoms. The minimum absolute atomic E-state index is 0.294. The number of hydrogen-bond donors (Lipinski definition) is 2. The summed E-state index contributed by atoms with van der Waals surface area (Å²) in [5.74, 6) is 0. The molecule has 13 heteroatoms. The Balaban J connectivity index is 0.000000137. The maximum Gasteiger partial charge on any atom is 0.489 e. The lowest BCUT2D eigenvalue weighted by atomic mass is 9.80. The first-order chi connectivity index (χ1) is 29.8. The number of thiophene rings is 2. The lowest BCUT2D eigenvalue weighted by Crippen LogP contribution is -2.29. The fourth-order valence-corrected chi connectivity index (χ4v) is 12.5. The van der Waals surface area contributed by atoms with Gasteiger partial charge in [0.1, 0.15) is 0 Å². The molecule has 62 heavy (non-hydrogen) atoms. The molecule has 0 radical (unpaired) electrons. The molecule has 6 nitrogen and oxygen atoms in total. The highest BCUT2D eigenvalue weighted by Gasteiger charge is 2.20. The molecular weight excluding hydrogens is 983 g/mol. The standard InChI is InChI=1S/C25H18O2S2.C12H9BO2S.C12H8Br2O2S/c1-17-9-13-19(14-10-17)29(26,27)20-15-11-18(12-16-20)21-6-4-7-23-22-5-2-3-8-24(22)28-25(21)23;14-13(15)10-6-3-5-9-8-4-1-2-7-11(8)16-12(9)10;13-9-1-5-11(6-2-9)17(15,16)12-7-3-10(14)4-8-12/h2-16H,1H3;1-7,14-15H;1-8H. The average molecular weight is 1020 g/mol. The normalized spacial score (nSPS) is 11.6. The van der Waals surface area contributed by atoms with Crippen molar-refractivity contribution in [1.29, 1.82) is 0 Å². The van der Waals surface area contributed by atoms with Gasteiger partial charge in [-0.05, 0) is 114 Å². The van der Waals surface area contributed by atoms with Crippen molar-refractivity contribution in [1.82, 2.24) is 0 Å². The number of hydrogen-bond acceptors (Lipinski definition) is 8. The third-order valence-electron chi connectivity index (χ3n) is 10.2. The molecule has 0 saturated heterocycles. The summed E-state index contributed by atoms with van der Waals surface area (Å²) in [7, 11) is -8.34. The topological polar surface area (TPSA) is 109 Å². The van der Waals surface area contributed by atoms with E-state index in [2.05, 4.69) is 80.4 Å². The van der Waals surface area contributed by atoms with Gasteiger partial charge in [0.15, 0.2) is 0 Å². The lowest BCUT2D eigenvalue weighted by molar-refractivity contribution is 0.426. The fraction of sp³-hybridized carbons (Fsp3) is 0.0204. The zero-order chi connectivity index (χ0) is 43.6. The second kappa shape index (κ2) is 18.4. The van der Waals surface area contributed by atoms with E-state index in [0.29, 0.717) is 25.0 Å². The Hall–Kier alpha value is -4.96. The monoisotopic (exact) mass is 1020 g/mol. The number of rotatable bonds is 6. The molecule has 0 aliphatic rings. The first-order valence-corrected chi connectivity index (χ1v) is 25.3. The largest absolute Gasteiger partial charge is 0.489 e. The Labute approximate surface area is 385 Å². The van der Waals surface area contributed by atoms with Crippen molar-refractivity contribution in [2.45, 2.75) is 26.5 Å². The third-order valence-corrected chi connectivity index (χ3v) is 17.3. The van der Waals surface area contributed by atoms with Crippen molar-refractivity contribution < 1.29 is 26.9 Å². The smallest absolute Gasteiger partial charge is 0.423 e. The molecule has 0 atom stereocenters. The van der Waals surface area contributed by atoms with Gasteiger partial charge in [0.2, 0.25) is 19.7 Å². The summed E-state index contributed by atoms with van der Waals surface area (Å²) < 4.78 is 56.6. The number of aryl methyl sites for hydroxylation is 1. The van der Waals surface area contributed by atoms with Gasteiger partial charge >= 0.3 is 7.12 Å². The highest BCUT2D eigenvalue weighted by Crippen LogP contribution is 2.40. The SMILES string of the molecule is Cc1ccc(S(=O)(=O)c2ccc(-c3cccc4c3sc3ccccc34)cc2)cc1.O=S(=O)(c1ccc(Br)cc1)c1ccc(Br)cc1.OB(O)c1cccc2c1sc1ccccc12. The van der Waals surface area contributed by atoms with E-state index in [-0.39, 0.29) is 0 Å². The van der Waals surface area contributed by atoms with Crippen molar-refractivity contribution in [3.63, 3.8) is 0 Å². The first kappa shape index (κ1) is 43.7. The Bertz CT molecular complexity index is 3370.